The van der Waals surface area contributed by atoms with Crippen LogP contribution in [-0.2, 0) is 6.42 Å². The van der Waals surface area contributed by atoms with Gasteiger partial charge in [0.05, 0.1) is 0 Å². The van der Waals surface area contributed by atoms with Crippen molar-refractivity contribution < 1.29 is 8.78 Å². The van der Waals surface area contributed by atoms with Crippen LogP contribution in [0.25, 0.3) is 5.57 Å². The first kappa shape index (κ1) is 21.2. The number of benzene rings is 1. The fourth-order valence-electron chi connectivity index (χ4n) is 3.28. The minimum absolute atomic E-state index is 0.192. The molecule has 146 valence electrons. The zero-order chi connectivity index (χ0) is 20.0. The molecule has 1 aliphatic heterocycles. The molecule has 2 heterocycles. The smallest absolute Gasteiger partial charge is 0.264 e. The third-order valence-corrected chi connectivity index (χ3v) is 4.95. The van der Waals surface area contributed by atoms with Crippen molar-refractivity contribution in [3.8, 4) is 0 Å². The molecule has 4 heteroatoms. The molecule has 0 fully saturated rings. The highest BCUT2D eigenvalue weighted by Gasteiger charge is 2.43. The summed E-state index contributed by atoms with van der Waals surface area (Å²) in [6, 6.07) is 6.94. The van der Waals surface area contributed by atoms with E-state index in [9.17, 15) is 8.78 Å². The molecule has 0 unspecified atom stereocenters. The van der Waals surface area contributed by atoms with Crippen molar-refractivity contribution in [1.82, 2.24) is 9.88 Å². The first-order chi connectivity index (χ1) is 12.8. The summed E-state index contributed by atoms with van der Waals surface area (Å²) < 4.78 is 28.8. The van der Waals surface area contributed by atoms with Gasteiger partial charge in [-0.1, -0.05) is 48.7 Å². The minimum atomic E-state index is -2.87. The van der Waals surface area contributed by atoms with Gasteiger partial charge < -0.3 is 0 Å². The van der Waals surface area contributed by atoms with E-state index in [0.717, 1.165) is 28.0 Å². The van der Waals surface area contributed by atoms with Crippen LogP contribution in [0.2, 0.25) is 0 Å². The Kier molecular flexibility index (Phi) is 7.25. The Morgan fingerprint density at radius 3 is 2.52 bits per heavy atom. The summed E-state index contributed by atoms with van der Waals surface area (Å²) in [4.78, 5) is 5.14. The van der Waals surface area contributed by atoms with Crippen LogP contribution in [-0.4, -0.2) is 29.5 Å². The number of aryl methyl sites for hydroxylation is 3. The number of hydrogen-bond donors (Lipinski definition) is 0. The molecule has 0 aliphatic carbocycles. The van der Waals surface area contributed by atoms with Crippen LogP contribution in [0.3, 0.4) is 0 Å². The summed E-state index contributed by atoms with van der Waals surface area (Å²) in [6.07, 6.45) is 6.77. The van der Waals surface area contributed by atoms with Crippen LogP contribution < -0.4 is 0 Å². The Morgan fingerprint density at radius 1 is 1.15 bits per heavy atom. The van der Waals surface area contributed by atoms with Crippen molar-refractivity contribution in [2.24, 2.45) is 0 Å². The molecule has 0 N–H and O–H groups in total. The second-order valence-electron chi connectivity index (χ2n) is 7.30. The molecule has 0 atom stereocenters. The fourth-order valence-corrected chi connectivity index (χ4v) is 3.28. The second-order valence-corrected chi connectivity index (χ2v) is 7.30. The van der Waals surface area contributed by atoms with Crippen LogP contribution in [0.15, 0.2) is 48.3 Å². The molecule has 1 aromatic carbocycles. The van der Waals surface area contributed by atoms with Gasteiger partial charge in [0, 0.05) is 24.5 Å². The number of likely N-dealkylation sites (N-methyl/N-ethyl adjacent to an activating group) is 1. The molecular formula is C23H30F2N2. The van der Waals surface area contributed by atoms with Gasteiger partial charge in [0.15, 0.2) is 0 Å². The molecule has 0 bridgehead atoms. The van der Waals surface area contributed by atoms with E-state index in [1.165, 1.54) is 19.0 Å². The summed E-state index contributed by atoms with van der Waals surface area (Å²) in [5, 5.41) is 0. The zero-order valence-electron chi connectivity index (χ0n) is 17.0. The number of nitrogens with zero attached hydrogens (tertiary/aromatic N) is 2. The van der Waals surface area contributed by atoms with Gasteiger partial charge in [-0.25, -0.2) is 4.90 Å². The molecule has 1 aliphatic rings. The average Bonchev–Trinajstić information content (AvgIpc) is 2.63. The van der Waals surface area contributed by atoms with Gasteiger partial charge in [-0.05, 0) is 63.4 Å². The standard InChI is InChI=1S/C15H19F2N.C8H11N/c1-10-5-6-11(2)13(9-10)14-12(3)7-8-18(4)15(14,16)17;1-2-4-8-5-3-6-9-7-8/h5-6,9H,7-8H2,1-4H3;3,5-7H,2,4H2,1H3. The number of alkyl halides is 2. The van der Waals surface area contributed by atoms with Crippen molar-refractivity contribution in [2.75, 3.05) is 13.6 Å². The molecule has 0 saturated carbocycles. The van der Waals surface area contributed by atoms with E-state index in [1.807, 2.05) is 51.2 Å². The predicted molar refractivity (Wildman–Crippen MR) is 109 cm³/mol. The number of hydrogen-bond acceptors (Lipinski definition) is 2. The van der Waals surface area contributed by atoms with Crippen molar-refractivity contribution in [3.63, 3.8) is 0 Å². The lowest BCUT2D eigenvalue weighted by atomic mass is 9.89. The summed E-state index contributed by atoms with van der Waals surface area (Å²) in [5.74, 6) is 0. The molecule has 1 aromatic heterocycles. The van der Waals surface area contributed by atoms with Crippen LogP contribution in [0.5, 0.6) is 0 Å². The Bertz CT molecular complexity index is 782. The Labute approximate surface area is 161 Å². The van der Waals surface area contributed by atoms with Crippen molar-refractivity contribution in [3.05, 3.63) is 70.6 Å². The monoisotopic (exact) mass is 372 g/mol. The lowest BCUT2D eigenvalue weighted by Gasteiger charge is -2.36. The number of rotatable bonds is 3. The number of halogens is 2. The molecule has 0 spiro atoms. The molecule has 27 heavy (non-hydrogen) atoms. The second kappa shape index (κ2) is 9.23. The van der Waals surface area contributed by atoms with E-state index in [0.29, 0.717) is 18.5 Å². The fraction of sp³-hybridized carbons (Fsp3) is 0.435. The number of aromatic nitrogens is 1. The minimum Gasteiger partial charge on any atom is -0.264 e. The van der Waals surface area contributed by atoms with Crippen molar-refractivity contribution in [1.29, 1.82) is 0 Å². The molecule has 0 saturated heterocycles. The van der Waals surface area contributed by atoms with E-state index < -0.39 is 6.05 Å². The molecule has 2 aromatic rings. The van der Waals surface area contributed by atoms with E-state index >= 15 is 0 Å². The lowest BCUT2D eigenvalue weighted by Crippen LogP contribution is -2.43. The van der Waals surface area contributed by atoms with Gasteiger partial charge in [-0.2, -0.15) is 8.78 Å². The van der Waals surface area contributed by atoms with Gasteiger partial charge in [0.2, 0.25) is 0 Å². The molecule has 0 radical (unpaired) electrons. The predicted octanol–water partition coefficient (Wildman–Crippen LogP) is 6.04. The van der Waals surface area contributed by atoms with Crippen molar-refractivity contribution in [2.45, 2.75) is 53.0 Å². The van der Waals surface area contributed by atoms with Gasteiger partial charge in [-0.15, -0.1) is 0 Å². The maximum atomic E-state index is 14.4. The van der Waals surface area contributed by atoms with Gasteiger partial charge in [0.1, 0.15) is 0 Å². The van der Waals surface area contributed by atoms with Crippen LogP contribution in [0, 0.1) is 13.8 Å². The Hall–Kier alpha value is -2.07. The summed E-state index contributed by atoms with van der Waals surface area (Å²) in [6.45, 7) is 8.22. The quantitative estimate of drug-likeness (QED) is 0.611. The maximum Gasteiger partial charge on any atom is 0.332 e. The third-order valence-electron chi connectivity index (χ3n) is 4.95. The summed E-state index contributed by atoms with van der Waals surface area (Å²) >= 11 is 0. The summed E-state index contributed by atoms with van der Waals surface area (Å²) in [7, 11) is 1.48. The van der Waals surface area contributed by atoms with E-state index in [2.05, 4.69) is 18.0 Å². The van der Waals surface area contributed by atoms with E-state index in [-0.39, 0.29) is 5.57 Å². The van der Waals surface area contributed by atoms with Gasteiger partial charge >= 0.3 is 6.05 Å². The van der Waals surface area contributed by atoms with Crippen LogP contribution in [0.4, 0.5) is 8.78 Å². The average molecular weight is 373 g/mol. The van der Waals surface area contributed by atoms with Gasteiger partial charge in [-0.3, -0.25) is 4.98 Å². The first-order valence-electron chi connectivity index (χ1n) is 9.53. The Morgan fingerprint density at radius 2 is 1.89 bits per heavy atom. The third kappa shape index (κ3) is 5.23. The van der Waals surface area contributed by atoms with Crippen LogP contribution in [0.1, 0.15) is 48.9 Å². The number of pyridine rings is 1. The highest BCUT2D eigenvalue weighted by atomic mass is 19.3. The topological polar surface area (TPSA) is 16.1 Å². The largest absolute Gasteiger partial charge is 0.332 e. The lowest BCUT2D eigenvalue weighted by molar-refractivity contribution is -0.0840. The van der Waals surface area contributed by atoms with E-state index in [4.69, 9.17) is 0 Å². The highest BCUT2D eigenvalue weighted by molar-refractivity contribution is 5.76. The maximum absolute atomic E-state index is 14.4. The normalized spacial score (nSPS) is 16.7. The molecule has 0 amide bonds. The van der Waals surface area contributed by atoms with Crippen molar-refractivity contribution >= 4 is 5.57 Å². The zero-order valence-corrected chi connectivity index (χ0v) is 17.0. The Balaban J connectivity index is 0.000000244. The molecule has 2 nitrogen and oxygen atoms in total. The first-order valence-corrected chi connectivity index (χ1v) is 9.53. The molecular weight excluding hydrogens is 342 g/mol. The van der Waals surface area contributed by atoms with Gasteiger partial charge in [0.25, 0.3) is 0 Å². The van der Waals surface area contributed by atoms with E-state index in [1.54, 1.807) is 6.20 Å². The SMILES string of the molecule is CC1=C(c2cc(C)ccc2C)C(F)(F)N(C)CC1.CCCc1cccnc1. The molecule has 3 rings (SSSR count). The highest BCUT2D eigenvalue weighted by Crippen LogP contribution is 2.42. The van der Waals surface area contributed by atoms with Crippen LogP contribution >= 0.6 is 0 Å². The summed E-state index contributed by atoms with van der Waals surface area (Å²) in [5.41, 5.74) is 4.93.